The Hall–Kier alpha value is -2.76. The Morgan fingerprint density at radius 2 is 1.29 bits per heavy atom. The zero-order valence-electron chi connectivity index (χ0n) is 17.1. The summed E-state index contributed by atoms with van der Waals surface area (Å²) in [5, 5.41) is 0. The second kappa shape index (κ2) is 7.34. The van der Waals surface area contributed by atoms with Gasteiger partial charge in [0.2, 0.25) is 6.67 Å². The molecule has 7 rings (SSSR count). The monoisotopic (exact) mass is 382 g/mol. The maximum Gasteiger partial charge on any atom is 0.212 e. The highest BCUT2D eigenvalue weighted by molar-refractivity contribution is 5.67. The van der Waals surface area contributed by atoms with E-state index in [1.165, 1.54) is 17.0 Å². The van der Waals surface area contributed by atoms with Gasteiger partial charge in [0.05, 0.1) is 34.1 Å². The van der Waals surface area contributed by atoms with E-state index in [1.807, 2.05) is 11.9 Å². The molecule has 0 spiro atoms. The molecule has 2 radical (unpaired) electrons. The summed E-state index contributed by atoms with van der Waals surface area (Å²) in [6.07, 6.45) is 9.65. The number of rotatable bonds is 4. The summed E-state index contributed by atoms with van der Waals surface area (Å²) in [4.78, 5) is 4.15. The zero-order chi connectivity index (χ0) is 19.8. The van der Waals surface area contributed by atoms with Crippen molar-refractivity contribution in [3.05, 3.63) is 53.1 Å². The molecule has 2 aliphatic carbocycles. The molecule has 28 heavy (non-hydrogen) atoms. The average Bonchev–Trinajstić information content (AvgIpc) is 3.09. The van der Waals surface area contributed by atoms with E-state index < -0.39 is 0 Å². The van der Waals surface area contributed by atoms with E-state index >= 15 is 0 Å². The molecular weight excluding hydrogens is 356 g/mol. The summed E-state index contributed by atoms with van der Waals surface area (Å²) in [5.41, 5.74) is 5.55. The third-order valence-electron chi connectivity index (χ3n) is 5.51. The lowest BCUT2D eigenvalue weighted by Crippen LogP contribution is -2.23. The minimum Gasteiger partial charge on any atom is -0.492 e. The fourth-order valence-electron chi connectivity index (χ4n) is 4.28. The van der Waals surface area contributed by atoms with Crippen LogP contribution in [-0.2, 0) is 12.8 Å². The first-order valence-corrected chi connectivity index (χ1v) is 9.41. The van der Waals surface area contributed by atoms with Crippen LogP contribution in [0.25, 0.3) is 0 Å². The van der Waals surface area contributed by atoms with E-state index in [1.54, 1.807) is 28.4 Å². The van der Waals surface area contributed by atoms with Crippen LogP contribution in [0.5, 0.6) is 23.0 Å². The molecule has 0 saturated heterocycles. The molecule has 6 heteroatoms. The molecule has 0 amide bonds. The van der Waals surface area contributed by atoms with Crippen molar-refractivity contribution in [1.29, 1.82) is 0 Å². The molecule has 148 valence electrons. The number of hydrogen-bond donors (Lipinski definition) is 0. The Bertz CT molecular complexity index is 852. The third kappa shape index (κ3) is 2.79. The lowest BCUT2D eigenvalue weighted by atomic mass is 9.92. The van der Waals surface area contributed by atoms with Crippen LogP contribution in [0.15, 0.2) is 35.3 Å². The molecule has 4 heterocycles. The summed E-state index contributed by atoms with van der Waals surface area (Å²) in [6.45, 7) is 3.39. The SMILES string of the molecule is COc1c2c(OC)c(OC)c(c1OC)CCC1=CC=C(CC2)C2=CN(C)[C]N12. The smallest absolute Gasteiger partial charge is 0.212 e. The second-order valence-corrected chi connectivity index (χ2v) is 7.00. The first-order chi connectivity index (χ1) is 13.6. The van der Waals surface area contributed by atoms with Crippen molar-refractivity contribution in [2.45, 2.75) is 25.7 Å². The lowest BCUT2D eigenvalue weighted by molar-refractivity contribution is 0.316. The van der Waals surface area contributed by atoms with Gasteiger partial charge in [-0.3, -0.25) is 0 Å². The number of nitrogens with zero attached hydrogens (tertiary/aromatic N) is 2. The summed E-state index contributed by atoms with van der Waals surface area (Å²) in [6, 6.07) is 0. The average molecular weight is 382 g/mol. The third-order valence-corrected chi connectivity index (χ3v) is 5.51. The molecule has 0 fully saturated rings. The number of ether oxygens (including phenoxy) is 4. The van der Waals surface area contributed by atoms with Crippen LogP contribution in [0.1, 0.15) is 24.0 Å². The molecule has 6 nitrogen and oxygen atoms in total. The summed E-state index contributed by atoms with van der Waals surface area (Å²) < 4.78 is 23.1. The van der Waals surface area contributed by atoms with E-state index in [0.717, 1.165) is 59.8 Å². The summed E-state index contributed by atoms with van der Waals surface area (Å²) in [7, 11) is 8.71. The molecule has 6 aliphatic rings. The molecule has 0 N–H and O–H groups in total. The Kier molecular flexibility index (Phi) is 4.87. The fraction of sp³-hybridized carbons (Fsp3) is 0.409. The topological polar surface area (TPSA) is 43.4 Å². The Morgan fingerprint density at radius 3 is 1.82 bits per heavy atom. The number of benzene rings is 1. The summed E-state index contributed by atoms with van der Waals surface area (Å²) >= 11 is 0. The highest BCUT2D eigenvalue weighted by Gasteiger charge is 2.32. The number of allylic oxidation sites excluding steroid dienone is 4. The molecule has 1 aromatic rings. The second-order valence-electron chi connectivity index (χ2n) is 7.00. The molecule has 1 aromatic carbocycles. The Balaban J connectivity index is 1.90. The van der Waals surface area contributed by atoms with Gasteiger partial charge in [-0.2, -0.15) is 0 Å². The van der Waals surface area contributed by atoms with Crippen molar-refractivity contribution < 1.29 is 18.9 Å². The van der Waals surface area contributed by atoms with E-state index in [4.69, 9.17) is 18.9 Å². The van der Waals surface area contributed by atoms with Gasteiger partial charge in [-0.15, -0.1) is 0 Å². The molecule has 0 atom stereocenters. The maximum absolute atomic E-state index is 5.79. The van der Waals surface area contributed by atoms with Gasteiger partial charge in [-0.25, -0.2) is 0 Å². The van der Waals surface area contributed by atoms with Crippen LogP contribution in [0.3, 0.4) is 0 Å². The number of methoxy groups -OCH3 is 4. The zero-order valence-corrected chi connectivity index (χ0v) is 17.1. The van der Waals surface area contributed by atoms with Crippen molar-refractivity contribution in [3.63, 3.8) is 0 Å². The van der Waals surface area contributed by atoms with Crippen LogP contribution in [0.4, 0.5) is 0 Å². The largest absolute Gasteiger partial charge is 0.492 e. The quantitative estimate of drug-likeness (QED) is 0.794. The predicted octanol–water partition coefficient (Wildman–Crippen LogP) is 3.51. The van der Waals surface area contributed by atoms with Crippen molar-refractivity contribution in [1.82, 2.24) is 9.80 Å². The first-order valence-electron chi connectivity index (χ1n) is 9.41. The normalized spacial score (nSPS) is 18.0. The molecule has 4 aliphatic heterocycles. The van der Waals surface area contributed by atoms with E-state index in [-0.39, 0.29) is 0 Å². The van der Waals surface area contributed by atoms with Crippen molar-refractivity contribution >= 4 is 0 Å². The fourth-order valence-corrected chi connectivity index (χ4v) is 4.28. The first kappa shape index (κ1) is 18.6. The van der Waals surface area contributed by atoms with Gasteiger partial charge in [0.15, 0.2) is 23.0 Å². The molecule has 0 aromatic heterocycles. The van der Waals surface area contributed by atoms with E-state index in [2.05, 4.69) is 29.9 Å². The molecule has 4 bridgehead atoms. The van der Waals surface area contributed by atoms with E-state index in [9.17, 15) is 0 Å². The van der Waals surface area contributed by atoms with Gasteiger partial charge in [-0.05, 0) is 37.3 Å². The minimum absolute atomic E-state index is 0.725. The van der Waals surface area contributed by atoms with Gasteiger partial charge in [0.1, 0.15) is 0 Å². The van der Waals surface area contributed by atoms with Crippen LogP contribution in [0, 0.1) is 6.67 Å². The van der Waals surface area contributed by atoms with Gasteiger partial charge >= 0.3 is 0 Å². The van der Waals surface area contributed by atoms with Gasteiger partial charge in [-0.1, -0.05) is 6.08 Å². The van der Waals surface area contributed by atoms with Gasteiger partial charge in [0.25, 0.3) is 0 Å². The minimum atomic E-state index is 0.725. The predicted molar refractivity (Wildman–Crippen MR) is 106 cm³/mol. The van der Waals surface area contributed by atoms with Crippen LogP contribution >= 0.6 is 0 Å². The molecule has 0 saturated carbocycles. The molecule has 0 unspecified atom stereocenters. The van der Waals surface area contributed by atoms with E-state index in [0.29, 0.717) is 0 Å². The molecular formula is C22H26N2O4. The maximum atomic E-state index is 5.79. The van der Waals surface area contributed by atoms with Crippen molar-refractivity contribution in [2.24, 2.45) is 0 Å². The standard InChI is InChI=1S/C22H26N2O4/c1-23-12-18-14-6-8-15(24(18)13-23)9-11-17-21(27-4)19(25-2)16(10-7-14)20(26-3)22(17)28-5/h6,8,12H,7,9-11H2,1-5H3. The highest BCUT2D eigenvalue weighted by Crippen LogP contribution is 2.51. The van der Waals surface area contributed by atoms with Crippen LogP contribution in [0.2, 0.25) is 0 Å². The van der Waals surface area contributed by atoms with Gasteiger partial charge in [0, 0.05) is 30.1 Å². The number of hydrogen-bond acceptors (Lipinski definition) is 6. The van der Waals surface area contributed by atoms with Gasteiger partial charge < -0.3 is 28.7 Å². The summed E-state index contributed by atoms with van der Waals surface area (Å²) in [5.74, 6) is 2.91. The Morgan fingerprint density at radius 1 is 0.750 bits per heavy atom. The lowest BCUT2D eigenvalue weighted by Gasteiger charge is -2.30. The van der Waals surface area contributed by atoms with Crippen LogP contribution in [-0.4, -0.2) is 45.3 Å². The Labute approximate surface area is 166 Å². The van der Waals surface area contributed by atoms with Crippen LogP contribution < -0.4 is 18.9 Å². The van der Waals surface area contributed by atoms with Crippen molar-refractivity contribution in [2.75, 3.05) is 35.5 Å². The van der Waals surface area contributed by atoms with Crippen molar-refractivity contribution in [3.8, 4) is 23.0 Å². The highest BCUT2D eigenvalue weighted by atomic mass is 16.5.